The van der Waals surface area contributed by atoms with E-state index in [0.717, 1.165) is 17.4 Å². The molecule has 1 unspecified atom stereocenters. The number of nitrogens with zero attached hydrogens (tertiary/aromatic N) is 3. The molecule has 0 N–H and O–H groups in total. The molecule has 1 saturated heterocycles. The summed E-state index contributed by atoms with van der Waals surface area (Å²) in [4.78, 5) is 16.9. The van der Waals surface area contributed by atoms with Crippen molar-refractivity contribution < 1.29 is 26.7 Å². The van der Waals surface area contributed by atoms with E-state index in [0.29, 0.717) is 24.5 Å². The Bertz CT molecular complexity index is 1250. The van der Waals surface area contributed by atoms with Crippen molar-refractivity contribution >= 4 is 27.0 Å². The van der Waals surface area contributed by atoms with Crippen LogP contribution in [-0.2, 0) is 14.8 Å². The molecule has 0 radical (unpaired) electrons. The zero-order valence-electron chi connectivity index (χ0n) is 18.3. The minimum atomic E-state index is -3.64. The van der Waals surface area contributed by atoms with Crippen LogP contribution in [0.2, 0.25) is 0 Å². The van der Waals surface area contributed by atoms with Crippen LogP contribution in [0, 0.1) is 5.92 Å². The lowest BCUT2D eigenvalue weighted by atomic mass is 10.0. The monoisotopic (exact) mass is 477 g/mol. The van der Waals surface area contributed by atoms with Gasteiger partial charge in [0.05, 0.1) is 21.5 Å². The van der Waals surface area contributed by atoms with Gasteiger partial charge in [0.2, 0.25) is 10.0 Å². The Morgan fingerprint density at radius 3 is 2.36 bits per heavy atom. The summed E-state index contributed by atoms with van der Waals surface area (Å²) in [5.41, 5.74) is 0.734. The Labute approximate surface area is 191 Å². The standard InChI is InChI=1S/C23H25F2N3O4S/c1-15-11-13-27(14-12-15)33(30,31)18-9-7-17(8-10-18)22(29)32-16(2)21-26-19-5-3-4-6-20(19)28(21)23(24)25/h3-10,15-16,23H,11-14H2,1-2H3. The summed E-state index contributed by atoms with van der Waals surface area (Å²) in [6.07, 6.45) is 0.577. The van der Waals surface area contributed by atoms with Gasteiger partial charge in [-0.25, -0.2) is 18.2 Å². The molecule has 176 valence electrons. The number of hydrogen-bond acceptors (Lipinski definition) is 5. The van der Waals surface area contributed by atoms with Crippen molar-refractivity contribution in [1.29, 1.82) is 0 Å². The second-order valence-electron chi connectivity index (χ2n) is 8.26. The van der Waals surface area contributed by atoms with E-state index in [9.17, 15) is 22.0 Å². The number of rotatable bonds is 6. The third kappa shape index (κ3) is 4.63. The maximum atomic E-state index is 13.7. The van der Waals surface area contributed by atoms with E-state index in [4.69, 9.17) is 4.74 Å². The first-order valence-electron chi connectivity index (χ1n) is 10.7. The number of aromatic nitrogens is 2. The molecule has 1 aromatic heterocycles. The number of alkyl halides is 2. The number of ether oxygens (including phenoxy) is 1. The summed E-state index contributed by atoms with van der Waals surface area (Å²) in [5, 5.41) is 0. The van der Waals surface area contributed by atoms with Crippen molar-refractivity contribution in [2.24, 2.45) is 5.92 Å². The van der Waals surface area contributed by atoms with E-state index in [2.05, 4.69) is 11.9 Å². The SMILES string of the molecule is CC1CCN(S(=O)(=O)c2ccc(C(=O)OC(C)c3nc4ccccc4n3C(F)F)cc2)CC1. The van der Waals surface area contributed by atoms with Crippen LogP contribution in [0.4, 0.5) is 8.78 Å². The highest BCUT2D eigenvalue weighted by Gasteiger charge is 2.29. The number of esters is 1. The van der Waals surface area contributed by atoms with Crippen molar-refractivity contribution in [3.63, 3.8) is 0 Å². The number of fused-ring (bicyclic) bond motifs is 1. The number of piperidine rings is 1. The van der Waals surface area contributed by atoms with Crippen LogP contribution in [0.1, 0.15) is 55.5 Å². The average molecular weight is 478 g/mol. The first-order valence-corrected chi connectivity index (χ1v) is 12.2. The summed E-state index contributed by atoms with van der Waals surface area (Å²) in [6.45, 7) is 1.65. The molecule has 2 aromatic carbocycles. The molecule has 7 nitrogen and oxygen atoms in total. The highest BCUT2D eigenvalue weighted by Crippen LogP contribution is 2.29. The van der Waals surface area contributed by atoms with Gasteiger partial charge in [-0.1, -0.05) is 19.1 Å². The Balaban J connectivity index is 1.50. The van der Waals surface area contributed by atoms with Gasteiger partial charge in [-0.05, 0) is 62.1 Å². The van der Waals surface area contributed by atoms with Gasteiger partial charge in [0.15, 0.2) is 11.9 Å². The topological polar surface area (TPSA) is 81.5 Å². The Morgan fingerprint density at radius 2 is 1.73 bits per heavy atom. The zero-order valence-corrected chi connectivity index (χ0v) is 19.1. The molecule has 0 bridgehead atoms. The van der Waals surface area contributed by atoms with Gasteiger partial charge in [0.25, 0.3) is 0 Å². The van der Waals surface area contributed by atoms with Crippen LogP contribution in [0.25, 0.3) is 11.0 Å². The molecule has 2 heterocycles. The number of halogens is 2. The van der Waals surface area contributed by atoms with Gasteiger partial charge in [-0.3, -0.25) is 4.57 Å². The molecular weight excluding hydrogens is 452 g/mol. The molecule has 4 rings (SSSR count). The van der Waals surface area contributed by atoms with Crippen molar-refractivity contribution in [2.75, 3.05) is 13.1 Å². The van der Waals surface area contributed by atoms with Gasteiger partial charge in [-0.2, -0.15) is 13.1 Å². The van der Waals surface area contributed by atoms with Crippen molar-refractivity contribution in [1.82, 2.24) is 13.9 Å². The highest BCUT2D eigenvalue weighted by atomic mass is 32.2. The molecule has 0 aliphatic carbocycles. The van der Waals surface area contributed by atoms with Crippen molar-refractivity contribution in [3.05, 3.63) is 59.9 Å². The van der Waals surface area contributed by atoms with Crippen molar-refractivity contribution in [3.8, 4) is 0 Å². The molecule has 0 spiro atoms. The molecule has 1 fully saturated rings. The number of carbonyl (C=O) groups is 1. The van der Waals surface area contributed by atoms with Crippen LogP contribution in [0.15, 0.2) is 53.4 Å². The molecule has 33 heavy (non-hydrogen) atoms. The summed E-state index contributed by atoms with van der Waals surface area (Å²) >= 11 is 0. The summed E-state index contributed by atoms with van der Waals surface area (Å²) in [5.74, 6) is -0.335. The van der Waals surface area contributed by atoms with E-state index >= 15 is 0 Å². The normalized spacial score (nSPS) is 16.9. The predicted molar refractivity (Wildman–Crippen MR) is 118 cm³/mol. The first-order chi connectivity index (χ1) is 15.7. The summed E-state index contributed by atoms with van der Waals surface area (Å²) in [7, 11) is -3.64. The summed E-state index contributed by atoms with van der Waals surface area (Å²) < 4.78 is 60.6. The maximum Gasteiger partial charge on any atom is 0.338 e. The molecule has 1 aliphatic rings. The quantitative estimate of drug-likeness (QED) is 0.478. The van der Waals surface area contributed by atoms with Gasteiger partial charge >= 0.3 is 12.5 Å². The lowest BCUT2D eigenvalue weighted by molar-refractivity contribution is 0.0233. The molecule has 1 aliphatic heterocycles. The van der Waals surface area contributed by atoms with Gasteiger partial charge in [0.1, 0.15) is 0 Å². The van der Waals surface area contributed by atoms with Gasteiger partial charge in [0, 0.05) is 13.1 Å². The van der Waals surface area contributed by atoms with E-state index in [-0.39, 0.29) is 21.8 Å². The number of benzene rings is 2. The van der Waals surface area contributed by atoms with E-state index in [1.807, 2.05) is 0 Å². The van der Waals surface area contributed by atoms with E-state index in [1.54, 1.807) is 18.2 Å². The van der Waals surface area contributed by atoms with Crippen molar-refractivity contribution in [2.45, 2.75) is 44.2 Å². The van der Waals surface area contributed by atoms with Gasteiger partial charge < -0.3 is 4.74 Å². The van der Waals surface area contributed by atoms with E-state index < -0.39 is 28.6 Å². The molecule has 0 amide bonds. The molecule has 10 heteroatoms. The second kappa shape index (κ2) is 9.18. The lowest BCUT2D eigenvalue weighted by Crippen LogP contribution is -2.37. The maximum absolute atomic E-state index is 13.7. The van der Waals surface area contributed by atoms with Crippen LogP contribution in [0.3, 0.4) is 0 Å². The van der Waals surface area contributed by atoms with Crippen LogP contribution in [0.5, 0.6) is 0 Å². The van der Waals surface area contributed by atoms with E-state index in [1.165, 1.54) is 41.6 Å². The molecule has 1 atom stereocenters. The first kappa shape index (κ1) is 23.3. The smallest absolute Gasteiger partial charge is 0.338 e. The third-order valence-electron chi connectivity index (χ3n) is 5.94. The fourth-order valence-electron chi connectivity index (χ4n) is 3.97. The average Bonchev–Trinajstić information content (AvgIpc) is 3.19. The largest absolute Gasteiger partial charge is 0.451 e. The third-order valence-corrected chi connectivity index (χ3v) is 7.85. The fourth-order valence-corrected chi connectivity index (χ4v) is 5.44. The Morgan fingerprint density at radius 1 is 1.09 bits per heavy atom. The molecule has 0 saturated carbocycles. The number of hydrogen-bond donors (Lipinski definition) is 0. The van der Waals surface area contributed by atoms with Crippen LogP contribution in [-0.4, -0.2) is 41.3 Å². The number of carbonyl (C=O) groups excluding carboxylic acids is 1. The number of imidazole rings is 1. The van der Waals surface area contributed by atoms with Gasteiger partial charge in [-0.15, -0.1) is 0 Å². The minimum Gasteiger partial charge on any atom is -0.451 e. The number of para-hydroxylation sites is 2. The second-order valence-corrected chi connectivity index (χ2v) is 10.2. The van der Waals surface area contributed by atoms with Crippen LogP contribution >= 0.6 is 0 Å². The minimum absolute atomic E-state index is 0.0712. The summed E-state index contributed by atoms with van der Waals surface area (Å²) in [6, 6.07) is 11.9. The highest BCUT2D eigenvalue weighted by molar-refractivity contribution is 7.89. The number of sulfonamides is 1. The van der Waals surface area contributed by atoms with Crippen LogP contribution < -0.4 is 0 Å². The predicted octanol–water partition coefficient (Wildman–Crippen LogP) is 4.77. The fraction of sp³-hybridized carbons (Fsp3) is 0.391. The Kier molecular flexibility index (Phi) is 6.49. The molecule has 3 aromatic rings. The Hall–Kier alpha value is -2.85. The molecular formula is C23H25F2N3O4S. The lowest BCUT2D eigenvalue weighted by Gasteiger charge is -2.29. The zero-order chi connectivity index (χ0) is 23.8.